The number of pyridine rings is 1. The van der Waals surface area contributed by atoms with E-state index in [-0.39, 0.29) is 24.4 Å². The summed E-state index contributed by atoms with van der Waals surface area (Å²) in [5.41, 5.74) is 9.52. The van der Waals surface area contributed by atoms with Crippen molar-refractivity contribution in [1.29, 1.82) is 5.26 Å². The molecule has 2 aliphatic rings. The average molecular weight is 505 g/mol. The molecule has 192 valence electrons. The van der Waals surface area contributed by atoms with Crippen LogP contribution in [-0.2, 0) is 4.74 Å². The summed E-state index contributed by atoms with van der Waals surface area (Å²) in [5, 5.41) is 17.2. The first-order chi connectivity index (χ1) is 17.8. The first kappa shape index (κ1) is 23.6. The lowest BCUT2D eigenvalue weighted by atomic mass is 9.92. The number of nitriles is 1. The van der Waals surface area contributed by atoms with Gasteiger partial charge in [0.25, 0.3) is 0 Å². The van der Waals surface area contributed by atoms with Crippen LogP contribution in [-0.4, -0.2) is 78.1 Å². The minimum atomic E-state index is -1.19. The maximum atomic E-state index is 15.1. The van der Waals surface area contributed by atoms with E-state index >= 15 is 4.39 Å². The van der Waals surface area contributed by atoms with Crippen molar-refractivity contribution in [3.63, 3.8) is 0 Å². The lowest BCUT2D eigenvalue weighted by molar-refractivity contribution is -0.121. The molecule has 6 heterocycles. The molecule has 0 radical (unpaired) electrons. The van der Waals surface area contributed by atoms with Crippen LogP contribution < -0.4 is 11.1 Å². The monoisotopic (exact) mass is 504 g/mol. The van der Waals surface area contributed by atoms with E-state index in [1.807, 2.05) is 30.0 Å². The number of hydrogen-bond donors (Lipinski definition) is 2. The number of nitrogens with zero attached hydrogens (tertiary/aromatic N) is 8. The molecule has 2 atom stereocenters. The number of aromatic nitrogens is 6. The zero-order chi connectivity index (χ0) is 25.9. The number of alkyl halides is 1. The quantitative estimate of drug-likeness (QED) is 0.420. The van der Waals surface area contributed by atoms with Gasteiger partial charge in [0.2, 0.25) is 5.95 Å². The third kappa shape index (κ3) is 3.77. The van der Waals surface area contributed by atoms with Gasteiger partial charge in [-0.25, -0.2) is 18.9 Å². The number of rotatable bonds is 5. The van der Waals surface area contributed by atoms with Crippen LogP contribution in [0.3, 0.4) is 0 Å². The Labute approximate surface area is 213 Å². The van der Waals surface area contributed by atoms with Crippen LogP contribution >= 0.6 is 0 Å². The summed E-state index contributed by atoms with van der Waals surface area (Å²) in [6, 6.07) is 7.81. The number of ether oxygens (including phenoxy) is 1. The smallest absolute Gasteiger partial charge is 0.243 e. The number of imidazole rings is 1. The molecular formula is C25H29FN10O. The SMILES string of the molecule is Cc1nc2ccc(-c3ccn4nc(N[C@H]5CCN(C6(C#N)COC6)C[C@H]5F)nc(N)c34)nc2n1C(C)C. The summed E-state index contributed by atoms with van der Waals surface area (Å²) in [6.45, 7) is 7.56. The fraction of sp³-hybridized carbons (Fsp3) is 0.480. The summed E-state index contributed by atoms with van der Waals surface area (Å²) in [7, 11) is 0. The third-order valence-electron chi connectivity index (χ3n) is 7.40. The molecule has 4 aromatic heterocycles. The van der Waals surface area contributed by atoms with Gasteiger partial charge in [-0.2, -0.15) is 10.2 Å². The fourth-order valence-corrected chi connectivity index (χ4v) is 5.41. The van der Waals surface area contributed by atoms with E-state index in [1.165, 1.54) is 0 Å². The van der Waals surface area contributed by atoms with Gasteiger partial charge in [0.1, 0.15) is 23.0 Å². The van der Waals surface area contributed by atoms with E-state index in [4.69, 9.17) is 15.5 Å². The maximum Gasteiger partial charge on any atom is 0.243 e. The Kier molecular flexibility index (Phi) is 5.50. The van der Waals surface area contributed by atoms with Crippen LogP contribution in [0.25, 0.3) is 27.9 Å². The minimum absolute atomic E-state index is 0.153. The molecule has 0 amide bonds. The number of fused-ring (bicyclic) bond motifs is 2. The Balaban J connectivity index is 1.26. The molecule has 3 N–H and O–H groups in total. The lowest BCUT2D eigenvalue weighted by Crippen LogP contribution is -2.65. The van der Waals surface area contributed by atoms with Crippen LogP contribution in [0.4, 0.5) is 16.2 Å². The van der Waals surface area contributed by atoms with E-state index in [0.29, 0.717) is 31.7 Å². The van der Waals surface area contributed by atoms with Crippen LogP contribution in [0.5, 0.6) is 0 Å². The largest absolute Gasteiger partial charge is 0.382 e. The summed E-state index contributed by atoms with van der Waals surface area (Å²) in [4.78, 5) is 15.8. The van der Waals surface area contributed by atoms with E-state index in [2.05, 4.69) is 44.9 Å². The second-order valence-electron chi connectivity index (χ2n) is 10.1. The lowest BCUT2D eigenvalue weighted by Gasteiger charge is -2.48. The first-order valence-corrected chi connectivity index (χ1v) is 12.4. The normalized spacial score (nSPS) is 21.8. The van der Waals surface area contributed by atoms with Gasteiger partial charge >= 0.3 is 0 Å². The Morgan fingerprint density at radius 2 is 2.05 bits per heavy atom. The van der Waals surface area contributed by atoms with E-state index < -0.39 is 17.8 Å². The second-order valence-corrected chi connectivity index (χ2v) is 10.1. The first-order valence-electron chi connectivity index (χ1n) is 12.4. The van der Waals surface area contributed by atoms with Gasteiger partial charge in [-0.05, 0) is 45.4 Å². The molecule has 4 aromatic rings. The number of nitrogen functional groups attached to an aromatic ring is 1. The van der Waals surface area contributed by atoms with Gasteiger partial charge in [0.05, 0.1) is 31.0 Å². The van der Waals surface area contributed by atoms with Gasteiger partial charge < -0.3 is 20.4 Å². The molecule has 37 heavy (non-hydrogen) atoms. The van der Waals surface area contributed by atoms with Crippen molar-refractivity contribution in [3.8, 4) is 17.3 Å². The topological polar surface area (TPSA) is 135 Å². The van der Waals surface area contributed by atoms with Crippen LogP contribution in [0.15, 0.2) is 24.4 Å². The molecule has 2 saturated heterocycles. The van der Waals surface area contributed by atoms with Crippen molar-refractivity contribution in [2.24, 2.45) is 0 Å². The van der Waals surface area contributed by atoms with E-state index in [1.54, 1.807) is 10.7 Å². The zero-order valence-electron chi connectivity index (χ0n) is 21.0. The standard InChI is InChI=1S/C25H29FN10O/c1-14(2)36-15(3)29-20-5-4-18(30-23(20)36)16-6-9-35-21(16)22(28)32-24(33-35)31-19-7-8-34(10-17(19)26)25(11-27)12-37-13-25/h4-6,9,14,17,19H,7-8,10,12-13H2,1-3H3,(H3,28,31,32,33)/t17-,19+/m1/s1. The van der Waals surface area contributed by atoms with Gasteiger partial charge in [0.15, 0.2) is 17.0 Å². The Morgan fingerprint density at radius 3 is 2.73 bits per heavy atom. The summed E-state index contributed by atoms with van der Waals surface area (Å²) < 4.78 is 24.1. The van der Waals surface area contributed by atoms with Gasteiger partial charge in [-0.1, -0.05) is 0 Å². The molecule has 12 heteroatoms. The molecule has 6 rings (SSSR count). The Hall–Kier alpha value is -3.82. The molecule has 11 nitrogen and oxygen atoms in total. The summed E-state index contributed by atoms with van der Waals surface area (Å²) in [6.07, 6.45) is 1.12. The highest BCUT2D eigenvalue weighted by molar-refractivity contribution is 5.88. The van der Waals surface area contributed by atoms with Crippen molar-refractivity contribution < 1.29 is 9.13 Å². The fourth-order valence-electron chi connectivity index (χ4n) is 5.41. The molecule has 0 saturated carbocycles. The molecule has 0 unspecified atom stereocenters. The minimum Gasteiger partial charge on any atom is -0.382 e. The van der Waals surface area contributed by atoms with Gasteiger partial charge in [-0.15, -0.1) is 5.10 Å². The molecule has 0 bridgehead atoms. The highest BCUT2D eigenvalue weighted by Gasteiger charge is 2.48. The van der Waals surface area contributed by atoms with Crippen molar-refractivity contribution in [2.75, 3.05) is 37.4 Å². The van der Waals surface area contributed by atoms with Crippen molar-refractivity contribution in [1.82, 2.24) is 34.0 Å². The summed E-state index contributed by atoms with van der Waals surface area (Å²) in [5.74, 6) is 1.44. The van der Waals surface area contributed by atoms with Gasteiger partial charge in [0, 0.05) is 30.9 Å². The number of likely N-dealkylation sites (tertiary alicyclic amines) is 1. The van der Waals surface area contributed by atoms with Crippen molar-refractivity contribution >= 4 is 28.4 Å². The molecule has 2 fully saturated rings. The highest BCUT2D eigenvalue weighted by atomic mass is 19.1. The number of piperidine rings is 1. The number of nitrogens with one attached hydrogen (secondary N) is 1. The number of anilines is 2. The van der Waals surface area contributed by atoms with Crippen LogP contribution in [0.1, 0.15) is 32.1 Å². The maximum absolute atomic E-state index is 15.1. The van der Waals surface area contributed by atoms with Crippen LogP contribution in [0.2, 0.25) is 0 Å². The van der Waals surface area contributed by atoms with Crippen LogP contribution in [0, 0.1) is 18.3 Å². The molecular weight excluding hydrogens is 475 g/mol. The van der Waals surface area contributed by atoms with E-state index in [9.17, 15) is 5.26 Å². The molecule has 0 aromatic carbocycles. The second kappa shape index (κ2) is 8.64. The molecule has 0 spiro atoms. The number of nitrogens with two attached hydrogens (primary N) is 1. The zero-order valence-corrected chi connectivity index (χ0v) is 21.0. The number of halogens is 1. The van der Waals surface area contributed by atoms with Gasteiger partial charge in [-0.3, -0.25) is 4.90 Å². The predicted molar refractivity (Wildman–Crippen MR) is 137 cm³/mol. The Morgan fingerprint density at radius 1 is 1.24 bits per heavy atom. The van der Waals surface area contributed by atoms with Crippen molar-refractivity contribution in [3.05, 3.63) is 30.2 Å². The van der Waals surface area contributed by atoms with Crippen molar-refractivity contribution in [2.45, 2.75) is 51.0 Å². The van der Waals surface area contributed by atoms with E-state index in [0.717, 1.165) is 28.2 Å². The molecule has 0 aliphatic carbocycles. The third-order valence-corrected chi connectivity index (χ3v) is 7.40. The average Bonchev–Trinajstić information content (AvgIpc) is 3.40. The molecule has 2 aliphatic heterocycles. The number of hydrogen-bond acceptors (Lipinski definition) is 9. The highest BCUT2D eigenvalue weighted by Crippen LogP contribution is 2.32. The predicted octanol–water partition coefficient (Wildman–Crippen LogP) is 2.73. The number of aryl methyl sites for hydroxylation is 1. The Bertz CT molecular complexity index is 1530. The summed E-state index contributed by atoms with van der Waals surface area (Å²) >= 11 is 0.